The van der Waals surface area contributed by atoms with E-state index in [-0.39, 0.29) is 4.90 Å². The molecule has 0 aliphatic heterocycles. The predicted octanol–water partition coefficient (Wildman–Crippen LogP) is 3.91. The molecule has 4 nitrogen and oxygen atoms in total. The second-order valence-electron chi connectivity index (χ2n) is 4.41. The lowest BCUT2D eigenvalue weighted by Crippen LogP contribution is -2.22. The third kappa shape index (κ3) is 3.49. The van der Waals surface area contributed by atoms with Gasteiger partial charge in [-0.3, -0.25) is 0 Å². The smallest absolute Gasteiger partial charge is 0.235 e. The van der Waals surface area contributed by atoms with Gasteiger partial charge in [0.15, 0.2) is 0 Å². The lowest BCUT2D eigenvalue weighted by Gasteiger charge is -2.12. The van der Waals surface area contributed by atoms with E-state index in [4.69, 9.17) is 23.2 Å². The summed E-state index contributed by atoms with van der Waals surface area (Å²) < 4.78 is 26.5. The Kier molecular flexibility index (Phi) is 5.12. The molecule has 0 spiro atoms. The van der Waals surface area contributed by atoms with E-state index < -0.39 is 10.0 Å². The molecule has 0 aliphatic carbocycles. The molecule has 0 radical (unpaired) electrons. The maximum atomic E-state index is 12.2. The molecule has 0 atom stereocenters. The summed E-state index contributed by atoms with van der Waals surface area (Å²) in [6.45, 7) is 1.86. The van der Waals surface area contributed by atoms with Crippen LogP contribution in [0.4, 0.5) is 5.69 Å². The molecule has 2 aromatic rings. The van der Waals surface area contributed by atoms with Crippen molar-refractivity contribution >= 4 is 59.6 Å². The van der Waals surface area contributed by atoms with Gasteiger partial charge in [0.25, 0.3) is 0 Å². The molecule has 9 heteroatoms. The third-order valence-electron chi connectivity index (χ3n) is 2.74. The molecule has 0 saturated carbocycles. The lowest BCUT2D eigenvalue weighted by molar-refractivity contribution is 0.521. The minimum atomic E-state index is -3.49. The van der Waals surface area contributed by atoms with Gasteiger partial charge in [0, 0.05) is 14.1 Å². The minimum Gasteiger partial charge on any atom is -0.235 e. The Morgan fingerprint density at radius 1 is 1.19 bits per heavy atom. The Bertz CT molecular complexity index is 838. The highest BCUT2D eigenvalue weighted by Crippen LogP contribution is 2.29. The summed E-state index contributed by atoms with van der Waals surface area (Å²) in [4.78, 5) is 4.62. The normalized spacial score (nSPS) is 13.1. The van der Waals surface area contributed by atoms with Gasteiger partial charge in [-0.25, -0.2) is 17.7 Å². The fourth-order valence-corrected chi connectivity index (χ4v) is 5.16. The van der Waals surface area contributed by atoms with Crippen molar-refractivity contribution in [3.05, 3.63) is 37.8 Å². The van der Waals surface area contributed by atoms with Crippen LogP contribution in [0.2, 0.25) is 9.36 Å². The van der Waals surface area contributed by atoms with Crippen molar-refractivity contribution in [2.75, 3.05) is 14.1 Å². The van der Waals surface area contributed by atoms with Gasteiger partial charge in [-0.15, -0.1) is 0 Å². The number of halogens is 2. The molecule has 0 aliphatic rings. The third-order valence-corrected chi connectivity index (χ3v) is 8.04. The zero-order valence-corrected chi connectivity index (χ0v) is 15.4. The summed E-state index contributed by atoms with van der Waals surface area (Å²) in [5.41, 5.74) is 1.42. The van der Waals surface area contributed by atoms with Crippen LogP contribution in [0, 0.1) is 6.92 Å². The Morgan fingerprint density at radius 3 is 2.38 bits per heavy atom. The van der Waals surface area contributed by atoms with Crippen molar-refractivity contribution in [3.8, 4) is 0 Å². The van der Waals surface area contributed by atoms with Gasteiger partial charge < -0.3 is 0 Å². The Hall–Kier alpha value is -0.440. The fraction of sp³-hybridized carbons (Fsp3) is 0.250. The average Bonchev–Trinajstić information content (AvgIpc) is 2.72. The Balaban J connectivity index is 2.61. The largest absolute Gasteiger partial charge is 0.242 e. The molecular weight excluding hydrogens is 371 g/mol. The minimum absolute atomic E-state index is 0.194. The topological polar surface area (TPSA) is 49.7 Å². The summed E-state index contributed by atoms with van der Waals surface area (Å²) in [5, 5.41) is 0.395. The standard InChI is InChI=1S/C12H12Cl2N2O2S3/c1-7-4-5-8(21(17,18)16(2)3)6-9(7)15-12-10(13)11(14)19-20-12/h4-6H,1-3H3. The van der Waals surface area contributed by atoms with Gasteiger partial charge in [0.05, 0.1) is 10.6 Å². The lowest BCUT2D eigenvalue weighted by atomic mass is 10.2. The van der Waals surface area contributed by atoms with Gasteiger partial charge in [-0.1, -0.05) is 49.9 Å². The summed E-state index contributed by atoms with van der Waals surface area (Å²) in [6, 6.07) is 4.83. The van der Waals surface area contributed by atoms with E-state index in [1.807, 2.05) is 6.92 Å². The van der Waals surface area contributed by atoms with E-state index in [1.54, 1.807) is 18.2 Å². The molecule has 2 rings (SSSR count). The van der Waals surface area contributed by atoms with Crippen LogP contribution in [0.3, 0.4) is 0 Å². The average molecular weight is 383 g/mol. The Labute approximate surface area is 140 Å². The van der Waals surface area contributed by atoms with Crippen molar-refractivity contribution in [2.24, 2.45) is 4.99 Å². The van der Waals surface area contributed by atoms with E-state index in [1.165, 1.54) is 39.1 Å². The molecule has 0 N–H and O–H groups in total. The van der Waals surface area contributed by atoms with Crippen molar-refractivity contribution in [1.29, 1.82) is 0 Å². The van der Waals surface area contributed by atoms with Crippen molar-refractivity contribution < 1.29 is 8.42 Å². The van der Waals surface area contributed by atoms with Crippen LogP contribution in [0.15, 0.2) is 28.1 Å². The van der Waals surface area contributed by atoms with E-state index in [0.29, 0.717) is 19.7 Å². The van der Waals surface area contributed by atoms with E-state index in [0.717, 1.165) is 5.56 Å². The highest BCUT2D eigenvalue weighted by Gasteiger charge is 2.18. The van der Waals surface area contributed by atoms with Gasteiger partial charge >= 0.3 is 0 Å². The van der Waals surface area contributed by atoms with Crippen LogP contribution in [0.5, 0.6) is 0 Å². The monoisotopic (exact) mass is 382 g/mol. The number of sulfonamides is 1. The first-order valence-corrected chi connectivity index (χ1v) is 10.1. The number of rotatable bonds is 3. The first-order chi connectivity index (χ1) is 9.73. The van der Waals surface area contributed by atoms with Crippen LogP contribution in [-0.2, 0) is 10.0 Å². The SMILES string of the molecule is Cc1ccc(S(=O)(=O)N(C)C)cc1N=c1ssc(Cl)c1Cl. The number of nitrogens with zero attached hydrogens (tertiary/aromatic N) is 2. The van der Waals surface area contributed by atoms with E-state index in [2.05, 4.69) is 4.99 Å². The zero-order valence-electron chi connectivity index (χ0n) is 11.4. The van der Waals surface area contributed by atoms with Crippen molar-refractivity contribution in [1.82, 2.24) is 4.31 Å². The van der Waals surface area contributed by atoms with Gasteiger partial charge in [0.2, 0.25) is 10.0 Å². The van der Waals surface area contributed by atoms with E-state index in [9.17, 15) is 8.42 Å². The van der Waals surface area contributed by atoms with Crippen molar-refractivity contribution in [3.63, 3.8) is 0 Å². The summed E-state index contributed by atoms with van der Waals surface area (Å²) in [5.74, 6) is 0. The highest BCUT2D eigenvalue weighted by atomic mass is 35.5. The fourth-order valence-electron chi connectivity index (χ4n) is 1.49. The molecule has 1 heterocycles. The molecule has 21 heavy (non-hydrogen) atoms. The molecule has 1 aromatic heterocycles. The number of benzene rings is 1. The molecule has 114 valence electrons. The van der Waals surface area contributed by atoms with Crippen LogP contribution < -0.4 is 4.67 Å². The molecular formula is C12H12Cl2N2O2S3. The maximum absolute atomic E-state index is 12.2. The second kappa shape index (κ2) is 6.36. The Morgan fingerprint density at radius 2 is 1.86 bits per heavy atom. The van der Waals surface area contributed by atoms with Crippen LogP contribution in [0.25, 0.3) is 0 Å². The van der Waals surface area contributed by atoms with Crippen LogP contribution in [0.1, 0.15) is 5.56 Å². The molecule has 0 unspecified atom stereocenters. The second-order valence-corrected chi connectivity index (χ2v) is 9.67. The molecule has 0 bridgehead atoms. The predicted molar refractivity (Wildman–Crippen MR) is 89.5 cm³/mol. The van der Waals surface area contributed by atoms with Crippen molar-refractivity contribution in [2.45, 2.75) is 11.8 Å². The first kappa shape index (κ1) is 16.9. The van der Waals surface area contributed by atoms with Crippen LogP contribution >= 0.6 is 43.9 Å². The quantitative estimate of drug-likeness (QED) is 0.755. The first-order valence-electron chi connectivity index (χ1n) is 5.75. The molecule has 0 fully saturated rings. The number of hydrogen-bond donors (Lipinski definition) is 0. The number of aryl methyl sites for hydroxylation is 1. The summed E-state index contributed by atoms with van der Waals surface area (Å²) >= 11 is 12.0. The van der Waals surface area contributed by atoms with Gasteiger partial charge in [-0.05, 0) is 24.6 Å². The van der Waals surface area contributed by atoms with E-state index >= 15 is 0 Å². The summed E-state index contributed by atoms with van der Waals surface area (Å²) in [7, 11) is 2.16. The van der Waals surface area contributed by atoms with Crippen LogP contribution in [-0.4, -0.2) is 26.8 Å². The highest BCUT2D eigenvalue weighted by molar-refractivity contribution is 7.89. The molecule has 0 amide bonds. The summed E-state index contributed by atoms with van der Waals surface area (Å²) in [6.07, 6.45) is 0. The maximum Gasteiger partial charge on any atom is 0.242 e. The van der Waals surface area contributed by atoms with Gasteiger partial charge in [0.1, 0.15) is 14.0 Å². The number of hydrogen-bond acceptors (Lipinski definition) is 5. The molecule has 1 aromatic carbocycles. The van der Waals surface area contributed by atoms with Gasteiger partial charge in [-0.2, -0.15) is 0 Å². The molecule has 0 saturated heterocycles. The zero-order chi connectivity index (χ0) is 15.8.